The molecule has 4 rings (SSSR count). The van der Waals surface area contributed by atoms with Gasteiger partial charge >= 0.3 is 5.97 Å². The van der Waals surface area contributed by atoms with Gasteiger partial charge in [-0.25, -0.2) is 13.2 Å². The van der Waals surface area contributed by atoms with Crippen LogP contribution in [-0.2, 0) is 21.4 Å². The number of aromatic nitrogens is 2. The minimum absolute atomic E-state index is 0.166. The number of benzene rings is 2. The maximum absolute atomic E-state index is 13.0. The fourth-order valence-corrected chi connectivity index (χ4v) is 5.61. The van der Waals surface area contributed by atoms with Gasteiger partial charge in [-0.1, -0.05) is 32.0 Å². The molecule has 1 aromatic heterocycles. The molecular weight excluding hydrogens is 430 g/mol. The first-order valence-corrected chi connectivity index (χ1v) is 11.9. The summed E-state index contributed by atoms with van der Waals surface area (Å²) < 4.78 is 38.2. The van der Waals surface area contributed by atoms with Crippen molar-refractivity contribution in [3.63, 3.8) is 0 Å². The van der Waals surface area contributed by atoms with Crippen LogP contribution in [0.2, 0.25) is 0 Å². The molecule has 0 radical (unpaired) electrons. The van der Waals surface area contributed by atoms with E-state index in [0.717, 1.165) is 12.0 Å². The lowest BCUT2D eigenvalue weighted by Gasteiger charge is -2.34. The minimum atomic E-state index is -3.60. The summed E-state index contributed by atoms with van der Waals surface area (Å²) in [6.45, 7) is 4.95. The van der Waals surface area contributed by atoms with E-state index in [-0.39, 0.29) is 23.0 Å². The topological polar surface area (TPSA) is 103 Å². The SMILES string of the molecule is C[C@H]1C[C@H](C)CN(S(=O)(=O)c2ccc(C(=O)OCc3nnc(-c4ccccc4)o3)cc2)C1. The van der Waals surface area contributed by atoms with E-state index in [1.54, 1.807) is 0 Å². The van der Waals surface area contributed by atoms with Gasteiger partial charge in [0.2, 0.25) is 15.9 Å². The van der Waals surface area contributed by atoms with Crippen molar-refractivity contribution in [3.8, 4) is 11.5 Å². The predicted molar refractivity (Wildman–Crippen MR) is 117 cm³/mol. The number of carbonyl (C=O) groups excluding carboxylic acids is 1. The van der Waals surface area contributed by atoms with Crippen LogP contribution in [0.1, 0.15) is 36.5 Å². The molecule has 9 heteroatoms. The molecule has 1 aliphatic heterocycles. The van der Waals surface area contributed by atoms with Crippen molar-refractivity contribution in [2.24, 2.45) is 11.8 Å². The molecule has 0 spiro atoms. The fraction of sp³-hybridized carbons (Fsp3) is 0.348. The third kappa shape index (κ3) is 4.89. The van der Waals surface area contributed by atoms with Crippen LogP contribution in [0.5, 0.6) is 0 Å². The van der Waals surface area contributed by atoms with Crippen LogP contribution in [0.3, 0.4) is 0 Å². The fourth-order valence-electron chi connectivity index (χ4n) is 3.93. The van der Waals surface area contributed by atoms with Crippen LogP contribution < -0.4 is 0 Å². The van der Waals surface area contributed by atoms with Gasteiger partial charge in [-0.2, -0.15) is 4.31 Å². The number of piperidine rings is 1. The van der Waals surface area contributed by atoms with Crippen LogP contribution >= 0.6 is 0 Å². The van der Waals surface area contributed by atoms with E-state index in [2.05, 4.69) is 24.0 Å². The molecule has 3 aromatic rings. The van der Waals surface area contributed by atoms with Crippen molar-refractivity contribution in [2.45, 2.75) is 31.8 Å². The number of hydrogen-bond acceptors (Lipinski definition) is 7. The van der Waals surface area contributed by atoms with Gasteiger partial charge in [0.05, 0.1) is 10.5 Å². The van der Waals surface area contributed by atoms with E-state index in [0.29, 0.717) is 30.8 Å². The third-order valence-corrected chi connectivity index (χ3v) is 7.22. The molecule has 1 aliphatic rings. The van der Waals surface area contributed by atoms with Crippen LogP contribution in [0.15, 0.2) is 63.9 Å². The summed E-state index contributed by atoms with van der Waals surface area (Å²) in [5, 5.41) is 7.84. The Kier molecular flexibility index (Phi) is 6.38. The highest BCUT2D eigenvalue weighted by atomic mass is 32.2. The lowest BCUT2D eigenvalue weighted by Crippen LogP contribution is -2.42. The highest BCUT2D eigenvalue weighted by Crippen LogP contribution is 2.27. The molecule has 2 heterocycles. The number of ether oxygens (including phenoxy) is 1. The van der Waals surface area contributed by atoms with Gasteiger partial charge in [-0.15, -0.1) is 10.2 Å². The first-order chi connectivity index (χ1) is 15.3. The molecule has 168 valence electrons. The second-order valence-electron chi connectivity index (χ2n) is 8.24. The average molecular weight is 456 g/mol. The van der Waals surface area contributed by atoms with Crippen LogP contribution in [-0.4, -0.2) is 42.0 Å². The van der Waals surface area contributed by atoms with Gasteiger partial charge in [0.15, 0.2) is 6.61 Å². The lowest BCUT2D eigenvalue weighted by molar-refractivity contribution is 0.0438. The summed E-state index contributed by atoms with van der Waals surface area (Å²) in [6, 6.07) is 15.1. The molecule has 0 unspecified atom stereocenters. The number of hydrogen-bond donors (Lipinski definition) is 0. The Balaban J connectivity index is 1.39. The summed E-state index contributed by atoms with van der Waals surface area (Å²) in [5.41, 5.74) is 1.01. The van der Waals surface area contributed by atoms with Crippen molar-refractivity contribution in [1.29, 1.82) is 0 Å². The molecule has 0 bridgehead atoms. The Morgan fingerprint density at radius 1 is 1.03 bits per heavy atom. The quantitative estimate of drug-likeness (QED) is 0.521. The van der Waals surface area contributed by atoms with Crippen molar-refractivity contribution < 1.29 is 22.4 Å². The summed E-state index contributed by atoms with van der Waals surface area (Å²) >= 11 is 0. The number of nitrogens with zero attached hydrogens (tertiary/aromatic N) is 3. The molecule has 0 saturated carbocycles. The standard InChI is InChI=1S/C23H25N3O5S/c1-16-12-17(2)14-26(13-16)32(28,29)20-10-8-19(9-11-20)23(27)30-15-21-24-25-22(31-21)18-6-4-3-5-7-18/h3-11,16-17H,12-15H2,1-2H3/t16-,17-/m0/s1. The van der Waals surface area contributed by atoms with Gasteiger partial charge in [-0.3, -0.25) is 0 Å². The van der Waals surface area contributed by atoms with Gasteiger partial charge in [0.1, 0.15) is 0 Å². The molecule has 32 heavy (non-hydrogen) atoms. The Morgan fingerprint density at radius 3 is 2.34 bits per heavy atom. The Labute approximate surface area is 187 Å². The van der Waals surface area contributed by atoms with E-state index < -0.39 is 16.0 Å². The minimum Gasteiger partial charge on any atom is -0.452 e. The van der Waals surface area contributed by atoms with Crippen LogP contribution in [0.4, 0.5) is 0 Å². The van der Waals surface area contributed by atoms with Gasteiger partial charge in [0, 0.05) is 18.7 Å². The molecule has 0 N–H and O–H groups in total. The van der Waals surface area contributed by atoms with Crippen molar-refractivity contribution in [1.82, 2.24) is 14.5 Å². The van der Waals surface area contributed by atoms with E-state index in [1.165, 1.54) is 28.6 Å². The summed E-state index contributed by atoms with van der Waals surface area (Å²) in [4.78, 5) is 12.5. The number of carbonyl (C=O) groups is 1. The molecule has 1 saturated heterocycles. The summed E-state index contributed by atoms with van der Waals surface area (Å²) in [7, 11) is -3.60. The van der Waals surface area contributed by atoms with Crippen molar-refractivity contribution >= 4 is 16.0 Å². The second kappa shape index (κ2) is 9.22. The molecule has 1 fully saturated rings. The predicted octanol–water partition coefficient (Wildman–Crippen LogP) is 3.76. The van der Waals surface area contributed by atoms with Crippen molar-refractivity contribution in [3.05, 3.63) is 66.1 Å². The zero-order valence-electron chi connectivity index (χ0n) is 18.0. The molecular formula is C23H25N3O5S. The smallest absolute Gasteiger partial charge is 0.338 e. The van der Waals surface area contributed by atoms with Crippen LogP contribution in [0.25, 0.3) is 11.5 Å². The molecule has 0 amide bonds. The maximum Gasteiger partial charge on any atom is 0.338 e. The van der Waals surface area contributed by atoms with E-state index in [4.69, 9.17) is 9.15 Å². The van der Waals surface area contributed by atoms with E-state index in [1.807, 2.05) is 30.3 Å². The molecule has 8 nitrogen and oxygen atoms in total. The second-order valence-corrected chi connectivity index (χ2v) is 10.2. The zero-order chi connectivity index (χ0) is 22.7. The van der Waals surface area contributed by atoms with Gasteiger partial charge in [-0.05, 0) is 54.7 Å². The number of rotatable bonds is 6. The maximum atomic E-state index is 13.0. The van der Waals surface area contributed by atoms with Crippen LogP contribution in [0, 0.1) is 11.8 Å². The first kappa shape index (κ1) is 22.2. The summed E-state index contributed by atoms with van der Waals surface area (Å²) in [5.74, 6) is 0.538. The van der Waals surface area contributed by atoms with Gasteiger partial charge < -0.3 is 9.15 Å². The Hall–Kier alpha value is -3.04. The largest absolute Gasteiger partial charge is 0.452 e. The normalized spacial score (nSPS) is 19.6. The monoisotopic (exact) mass is 455 g/mol. The molecule has 0 aliphatic carbocycles. The number of sulfonamides is 1. The third-order valence-electron chi connectivity index (χ3n) is 5.38. The highest BCUT2D eigenvalue weighted by molar-refractivity contribution is 7.89. The lowest BCUT2D eigenvalue weighted by atomic mass is 9.94. The average Bonchev–Trinajstić information content (AvgIpc) is 3.27. The van der Waals surface area contributed by atoms with Gasteiger partial charge in [0.25, 0.3) is 5.89 Å². The number of esters is 1. The zero-order valence-corrected chi connectivity index (χ0v) is 18.8. The van der Waals surface area contributed by atoms with E-state index >= 15 is 0 Å². The highest BCUT2D eigenvalue weighted by Gasteiger charge is 2.31. The van der Waals surface area contributed by atoms with E-state index in [9.17, 15) is 13.2 Å². The molecule has 2 atom stereocenters. The van der Waals surface area contributed by atoms with Crippen molar-refractivity contribution in [2.75, 3.05) is 13.1 Å². The first-order valence-electron chi connectivity index (χ1n) is 10.5. The Bertz CT molecular complexity index is 1170. The molecule has 2 aromatic carbocycles. The Morgan fingerprint density at radius 2 is 1.69 bits per heavy atom. The summed E-state index contributed by atoms with van der Waals surface area (Å²) in [6.07, 6.45) is 1.02.